The third-order valence-corrected chi connectivity index (χ3v) is 6.22. The van der Waals surface area contributed by atoms with Gasteiger partial charge in [0.25, 0.3) is 5.91 Å². The Morgan fingerprint density at radius 1 is 1.29 bits per heavy atom. The van der Waals surface area contributed by atoms with E-state index >= 15 is 0 Å². The first-order chi connectivity index (χ1) is 14.9. The molecule has 162 valence electrons. The average Bonchev–Trinajstić information content (AvgIpc) is 3.11. The van der Waals surface area contributed by atoms with E-state index in [4.69, 9.17) is 9.47 Å². The van der Waals surface area contributed by atoms with E-state index in [1.165, 1.54) is 11.3 Å². The van der Waals surface area contributed by atoms with Gasteiger partial charge in [-0.3, -0.25) is 9.69 Å². The molecule has 1 atom stereocenters. The Morgan fingerprint density at radius 2 is 2.03 bits per heavy atom. The number of fused-ring (bicyclic) bond motifs is 3. The fourth-order valence-electron chi connectivity index (χ4n) is 3.81. The van der Waals surface area contributed by atoms with Crippen molar-refractivity contribution >= 4 is 44.8 Å². The normalized spacial score (nSPS) is 15.7. The van der Waals surface area contributed by atoms with Gasteiger partial charge >= 0.3 is 5.97 Å². The van der Waals surface area contributed by atoms with Gasteiger partial charge in [-0.05, 0) is 56.2 Å². The van der Waals surface area contributed by atoms with Crippen LogP contribution in [0.1, 0.15) is 51.6 Å². The van der Waals surface area contributed by atoms with Gasteiger partial charge in [0, 0.05) is 23.9 Å². The van der Waals surface area contributed by atoms with Crippen LogP contribution in [0.4, 0.5) is 11.4 Å². The molecule has 0 aliphatic carbocycles. The summed E-state index contributed by atoms with van der Waals surface area (Å²) < 4.78 is 10.5. The van der Waals surface area contributed by atoms with Crippen LogP contribution in [0.2, 0.25) is 0 Å². The van der Waals surface area contributed by atoms with E-state index in [1.807, 2.05) is 26.8 Å². The molecular formula is C23H25N3O4S. The number of ether oxygens (including phenoxy) is 2. The highest BCUT2D eigenvalue weighted by Crippen LogP contribution is 2.42. The molecule has 0 saturated carbocycles. The van der Waals surface area contributed by atoms with Crippen molar-refractivity contribution < 1.29 is 19.1 Å². The summed E-state index contributed by atoms with van der Waals surface area (Å²) in [5.41, 5.74) is 3.89. The van der Waals surface area contributed by atoms with Crippen molar-refractivity contribution in [3.8, 4) is 0 Å². The molecule has 1 N–H and O–H groups in total. The van der Waals surface area contributed by atoms with Crippen molar-refractivity contribution in [1.29, 1.82) is 0 Å². The lowest BCUT2D eigenvalue weighted by Gasteiger charge is -2.34. The maximum atomic E-state index is 13.5. The number of hydrogen-bond acceptors (Lipinski definition) is 7. The van der Waals surface area contributed by atoms with E-state index in [9.17, 15) is 9.59 Å². The van der Waals surface area contributed by atoms with Crippen LogP contribution in [-0.4, -0.2) is 36.7 Å². The SMILES string of the molecule is CCCOC(=O)c1ccc(N2C(=O)c3sc4nc(C)cc(COC)c4c3NC2C)cc1. The number of anilines is 2. The minimum atomic E-state index is -0.358. The average molecular weight is 440 g/mol. The first-order valence-electron chi connectivity index (χ1n) is 10.2. The minimum Gasteiger partial charge on any atom is -0.462 e. The van der Waals surface area contributed by atoms with E-state index < -0.39 is 0 Å². The Kier molecular flexibility index (Phi) is 5.93. The number of carbonyl (C=O) groups excluding carboxylic acids is 2. The van der Waals surface area contributed by atoms with Gasteiger partial charge in [-0.15, -0.1) is 11.3 Å². The van der Waals surface area contributed by atoms with Crippen molar-refractivity contribution in [2.45, 2.75) is 40.0 Å². The largest absolute Gasteiger partial charge is 0.462 e. The molecule has 3 heterocycles. The summed E-state index contributed by atoms with van der Waals surface area (Å²) in [5.74, 6) is -0.449. The number of hydrogen-bond donors (Lipinski definition) is 1. The molecule has 0 saturated heterocycles. The molecule has 0 radical (unpaired) electrons. The summed E-state index contributed by atoms with van der Waals surface area (Å²) in [5, 5.41) is 4.42. The molecule has 1 aliphatic rings. The Labute approximate surface area is 185 Å². The molecule has 1 aliphatic heterocycles. The third kappa shape index (κ3) is 3.88. The lowest BCUT2D eigenvalue weighted by atomic mass is 10.1. The molecule has 1 aromatic carbocycles. The van der Waals surface area contributed by atoms with Crippen molar-refractivity contribution in [2.75, 3.05) is 23.9 Å². The maximum absolute atomic E-state index is 13.5. The minimum absolute atomic E-state index is 0.0911. The zero-order chi connectivity index (χ0) is 22.1. The highest BCUT2D eigenvalue weighted by Gasteiger charge is 2.34. The number of thiophene rings is 1. The molecular weight excluding hydrogens is 414 g/mol. The number of carbonyl (C=O) groups is 2. The second-order valence-corrected chi connectivity index (χ2v) is 8.52. The molecule has 7 nitrogen and oxygen atoms in total. The van der Waals surface area contributed by atoms with Gasteiger partial charge in [-0.25, -0.2) is 9.78 Å². The van der Waals surface area contributed by atoms with Gasteiger partial charge in [0.1, 0.15) is 15.9 Å². The Bertz CT molecular complexity index is 1140. The number of benzene rings is 1. The van der Waals surface area contributed by atoms with Gasteiger partial charge in [0.15, 0.2) is 0 Å². The van der Waals surface area contributed by atoms with Gasteiger partial charge in [0.2, 0.25) is 0 Å². The monoisotopic (exact) mass is 439 g/mol. The number of nitrogens with zero attached hydrogens (tertiary/aromatic N) is 2. The van der Waals surface area contributed by atoms with Crippen LogP contribution in [0.15, 0.2) is 30.3 Å². The molecule has 0 fully saturated rings. The molecule has 31 heavy (non-hydrogen) atoms. The summed E-state index contributed by atoms with van der Waals surface area (Å²) in [6.45, 7) is 6.66. The van der Waals surface area contributed by atoms with Gasteiger partial charge in [0.05, 0.1) is 24.5 Å². The smallest absolute Gasteiger partial charge is 0.338 e. The Morgan fingerprint density at radius 3 is 2.71 bits per heavy atom. The number of amides is 1. The van der Waals surface area contributed by atoms with Crippen LogP contribution >= 0.6 is 11.3 Å². The molecule has 3 aromatic rings. The quantitative estimate of drug-likeness (QED) is 0.559. The van der Waals surface area contributed by atoms with E-state index in [0.29, 0.717) is 29.3 Å². The molecule has 4 rings (SSSR count). The second kappa shape index (κ2) is 8.64. The van der Waals surface area contributed by atoms with Crippen LogP contribution in [0.3, 0.4) is 0 Å². The summed E-state index contributed by atoms with van der Waals surface area (Å²) in [7, 11) is 1.66. The lowest BCUT2D eigenvalue weighted by molar-refractivity contribution is 0.0505. The molecule has 2 aromatic heterocycles. The number of methoxy groups -OCH3 is 1. The zero-order valence-corrected chi connectivity index (χ0v) is 18.8. The number of esters is 1. The Balaban J connectivity index is 1.69. The fraction of sp³-hybridized carbons (Fsp3) is 0.348. The summed E-state index contributed by atoms with van der Waals surface area (Å²) in [4.78, 5) is 33.3. The number of nitrogens with one attached hydrogen (secondary N) is 1. The van der Waals surface area contributed by atoms with Gasteiger partial charge in [-0.1, -0.05) is 6.92 Å². The first kappa shape index (κ1) is 21.3. The first-order valence-corrected chi connectivity index (χ1v) is 11.1. The summed E-state index contributed by atoms with van der Waals surface area (Å²) in [6, 6.07) is 8.93. The lowest BCUT2D eigenvalue weighted by Crippen LogP contribution is -2.46. The predicted octanol–water partition coefficient (Wildman–Crippen LogP) is 4.74. The maximum Gasteiger partial charge on any atom is 0.338 e. The number of aromatic nitrogens is 1. The molecule has 0 spiro atoms. The zero-order valence-electron chi connectivity index (χ0n) is 18.0. The van der Waals surface area contributed by atoms with Crippen molar-refractivity contribution in [3.63, 3.8) is 0 Å². The van der Waals surface area contributed by atoms with Crippen LogP contribution in [0.5, 0.6) is 0 Å². The van der Waals surface area contributed by atoms with Crippen molar-refractivity contribution in [3.05, 3.63) is 52.0 Å². The fourth-order valence-corrected chi connectivity index (χ4v) is 4.97. The van der Waals surface area contributed by atoms with Crippen LogP contribution in [-0.2, 0) is 16.1 Å². The highest BCUT2D eigenvalue weighted by molar-refractivity contribution is 7.21. The molecule has 1 amide bonds. The summed E-state index contributed by atoms with van der Waals surface area (Å²) >= 11 is 1.39. The van der Waals surface area contributed by atoms with E-state index in [-0.39, 0.29) is 18.0 Å². The second-order valence-electron chi connectivity index (χ2n) is 7.52. The number of pyridine rings is 1. The summed E-state index contributed by atoms with van der Waals surface area (Å²) in [6.07, 6.45) is 0.500. The molecule has 0 bridgehead atoms. The topological polar surface area (TPSA) is 80.8 Å². The van der Waals surface area contributed by atoms with E-state index in [1.54, 1.807) is 36.3 Å². The predicted molar refractivity (Wildman–Crippen MR) is 122 cm³/mol. The van der Waals surface area contributed by atoms with Crippen LogP contribution in [0, 0.1) is 6.92 Å². The van der Waals surface area contributed by atoms with Gasteiger partial charge < -0.3 is 14.8 Å². The van der Waals surface area contributed by atoms with Crippen LogP contribution in [0.25, 0.3) is 10.2 Å². The molecule has 8 heteroatoms. The standard InChI is InChI=1S/C23H25N3O4S/c1-5-10-30-23(28)15-6-8-17(9-7-15)26-14(3)25-19-18-16(12-29-4)11-13(2)24-21(18)31-20(19)22(26)27/h6-9,11,14,25H,5,10,12H2,1-4H3. The number of rotatable bonds is 6. The third-order valence-electron chi connectivity index (χ3n) is 5.14. The van der Waals surface area contributed by atoms with E-state index in [0.717, 1.165) is 33.6 Å². The highest BCUT2D eigenvalue weighted by atomic mass is 32.1. The number of aryl methyl sites for hydroxylation is 1. The van der Waals surface area contributed by atoms with Crippen LogP contribution < -0.4 is 10.2 Å². The van der Waals surface area contributed by atoms with Crippen molar-refractivity contribution in [1.82, 2.24) is 4.98 Å². The molecule has 1 unspecified atom stereocenters. The Hall–Kier alpha value is -2.97. The van der Waals surface area contributed by atoms with Gasteiger partial charge in [-0.2, -0.15) is 0 Å². The van der Waals surface area contributed by atoms with Crippen molar-refractivity contribution in [2.24, 2.45) is 0 Å². The van der Waals surface area contributed by atoms with E-state index in [2.05, 4.69) is 10.3 Å².